The number of fused-ring (bicyclic) bond motifs is 1. The minimum absolute atomic E-state index is 0.846. The van der Waals surface area contributed by atoms with Crippen LogP contribution in [0.3, 0.4) is 0 Å². The molecule has 126 valence electrons. The number of piperidine rings is 1. The van der Waals surface area contributed by atoms with Gasteiger partial charge in [-0.25, -0.2) is 0 Å². The molecule has 0 spiro atoms. The third kappa shape index (κ3) is 3.96. The summed E-state index contributed by atoms with van der Waals surface area (Å²) in [4.78, 5) is 2.65. The van der Waals surface area contributed by atoms with Crippen molar-refractivity contribution in [3.63, 3.8) is 0 Å². The lowest BCUT2D eigenvalue weighted by molar-refractivity contribution is 0.143. The lowest BCUT2D eigenvalue weighted by Gasteiger charge is -2.33. The molecule has 0 amide bonds. The molecule has 1 aliphatic rings. The van der Waals surface area contributed by atoms with Crippen LogP contribution < -0.4 is 0 Å². The average Bonchev–Trinajstić information content (AvgIpc) is 3.00. The molecule has 0 aliphatic carbocycles. The Morgan fingerprint density at radius 2 is 2.17 bits per heavy atom. The molecule has 3 rings (SSSR count). The molecule has 2 aromatic rings. The normalized spacial score (nSPS) is 19.5. The van der Waals surface area contributed by atoms with Gasteiger partial charge in [-0.2, -0.15) is 0 Å². The number of hydrogen-bond acceptors (Lipinski definition) is 2. The molecule has 2 heterocycles. The van der Waals surface area contributed by atoms with Gasteiger partial charge in [-0.1, -0.05) is 12.1 Å². The molecule has 0 unspecified atom stereocenters. The molecule has 3 heteroatoms. The fourth-order valence-electron chi connectivity index (χ4n) is 3.99. The number of aryl methyl sites for hydroxylation is 1. The second kappa shape index (κ2) is 7.98. The third-order valence-corrected chi connectivity index (χ3v) is 5.20. The van der Waals surface area contributed by atoms with Crippen molar-refractivity contribution in [2.45, 2.75) is 45.7 Å². The van der Waals surface area contributed by atoms with E-state index in [1.54, 1.807) is 7.11 Å². The van der Waals surface area contributed by atoms with Crippen LogP contribution in [-0.2, 0) is 17.8 Å². The molecular weight excluding hydrogens is 284 g/mol. The molecule has 23 heavy (non-hydrogen) atoms. The van der Waals surface area contributed by atoms with Crippen LogP contribution in [0.15, 0.2) is 30.5 Å². The summed E-state index contributed by atoms with van der Waals surface area (Å²) in [7, 11) is 1.80. The number of nitrogens with zero attached hydrogens (tertiary/aromatic N) is 2. The summed E-state index contributed by atoms with van der Waals surface area (Å²) >= 11 is 0. The van der Waals surface area contributed by atoms with Gasteiger partial charge in [0.2, 0.25) is 0 Å². The molecule has 1 aliphatic heterocycles. The third-order valence-electron chi connectivity index (χ3n) is 5.20. The van der Waals surface area contributed by atoms with E-state index in [1.165, 1.54) is 55.2 Å². The van der Waals surface area contributed by atoms with Crippen molar-refractivity contribution in [1.82, 2.24) is 9.47 Å². The highest BCUT2D eigenvalue weighted by atomic mass is 16.5. The maximum Gasteiger partial charge on any atom is 0.0483 e. The lowest BCUT2D eigenvalue weighted by Crippen LogP contribution is -2.35. The topological polar surface area (TPSA) is 17.4 Å². The fraction of sp³-hybridized carbons (Fsp3) is 0.600. The van der Waals surface area contributed by atoms with E-state index in [1.807, 2.05) is 0 Å². The Bertz CT molecular complexity index is 619. The van der Waals surface area contributed by atoms with Gasteiger partial charge in [-0.3, -0.25) is 4.90 Å². The van der Waals surface area contributed by atoms with E-state index in [-0.39, 0.29) is 0 Å². The second-order valence-corrected chi connectivity index (χ2v) is 6.83. The van der Waals surface area contributed by atoms with E-state index >= 15 is 0 Å². The summed E-state index contributed by atoms with van der Waals surface area (Å²) in [5.41, 5.74) is 2.85. The van der Waals surface area contributed by atoms with E-state index in [2.05, 4.69) is 46.9 Å². The van der Waals surface area contributed by atoms with Crippen LogP contribution in [0.25, 0.3) is 10.9 Å². The van der Waals surface area contributed by atoms with Crippen LogP contribution >= 0.6 is 0 Å². The summed E-state index contributed by atoms with van der Waals surface area (Å²) < 4.78 is 7.54. The number of likely N-dealkylation sites (tertiary alicyclic amines) is 1. The first-order valence-electron chi connectivity index (χ1n) is 9.10. The zero-order valence-corrected chi connectivity index (χ0v) is 14.6. The highest BCUT2D eigenvalue weighted by Crippen LogP contribution is 2.26. The van der Waals surface area contributed by atoms with Crippen LogP contribution in [0.1, 0.15) is 38.2 Å². The first-order chi connectivity index (χ1) is 11.3. The van der Waals surface area contributed by atoms with E-state index in [0.29, 0.717) is 0 Å². The van der Waals surface area contributed by atoms with Gasteiger partial charge in [0.05, 0.1) is 0 Å². The van der Waals surface area contributed by atoms with Crippen molar-refractivity contribution < 1.29 is 4.74 Å². The Balaban J connectivity index is 1.66. The summed E-state index contributed by atoms with van der Waals surface area (Å²) in [5.74, 6) is 0.846. The van der Waals surface area contributed by atoms with Gasteiger partial charge in [0.15, 0.2) is 0 Å². The maximum absolute atomic E-state index is 5.20. The SMILES string of the molecule is CCn1ccc2c(CN3CCC[C@H](CCCOC)C3)cccc21. The van der Waals surface area contributed by atoms with Crippen molar-refractivity contribution >= 4 is 10.9 Å². The molecule has 1 atom stereocenters. The summed E-state index contributed by atoms with van der Waals surface area (Å²) in [6.07, 6.45) is 7.45. The Morgan fingerprint density at radius 1 is 1.26 bits per heavy atom. The van der Waals surface area contributed by atoms with Crippen LogP contribution in [0, 0.1) is 5.92 Å². The number of rotatable bonds is 7. The van der Waals surface area contributed by atoms with Gasteiger partial charge in [-0.15, -0.1) is 0 Å². The quantitative estimate of drug-likeness (QED) is 0.709. The van der Waals surface area contributed by atoms with E-state index in [0.717, 1.165) is 25.6 Å². The van der Waals surface area contributed by atoms with Gasteiger partial charge < -0.3 is 9.30 Å². The summed E-state index contributed by atoms with van der Waals surface area (Å²) in [6, 6.07) is 9.04. The van der Waals surface area contributed by atoms with Crippen LogP contribution in [0.2, 0.25) is 0 Å². The van der Waals surface area contributed by atoms with Gasteiger partial charge in [-0.05, 0) is 62.8 Å². The molecule has 0 radical (unpaired) electrons. The Labute approximate surface area is 140 Å². The standard InChI is InChI=1S/C20H30N2O/c1-3-22-13-11-19-18(9-4-10-20(19)22)16-21-12-5-7-17(15-21)8-6-14-23-2/h4,9-11,13,17H,3,5-8,12,14-16H2,1-2H3/t17-/m1/s1. The maximum atomic E-state index is 5.20. The second-order valence-electron chi connectivity index (χ2n) is 6.83. The lowest BCUT2D eigenvalue weighted by atomic mass is 9.93. The highest BCUT2D eigenvalue weighted by molar-refractivity contribution is 5.83. The van der Waals surface area contributed by atoms with Crippen molar-refractivity contribution in [3.8, 4) is 0 Å². The molecule has 3 nitrogen and oxygen atoms in total. The highest BCUT2D eigenvalue weighted by Gasteiger charge is 2.20. The fourth-order valence-corrected chi connectivity index (χ4v) is 3.99. The average molecular weight is 314 g/mol. The van der Waals surface area contributed by atoms with Crippen LogP contribution in [0.5, 0.6) is 0 Å². The van der Waals surface area contributed by atoms with Crippen LogP contribution in [0.4, 0.5) is 0 Å². The Kier molecular flexibility index (Phi) is 5.74. The Morgan fingerprint density at radius 3 is 3.00 bits per heavy atom. The van der Waals surface area contributed by atoms with Gasteiger partial charge >= 0.3 is 0 Å². The Hall–Kier alpha value is -1.32. The van der Waals surface area contributed by atoms with Crippen molar-refractivity contribution in [3.05, 3.63) is 36.0 Å². The van der Waals surface area contributed by atoms with Crippen molar-refractivity contribution in [1.29, 1.82) is 0 Å². The monoisotopic (exact) mass is 314 g/mol. The predicted octanol–water partition coefficient (Wildman–Crippen LogP) is 4.30. The number of ether oxygens (including phenoxy) is 1. The van der Waals surface area contributed by atoms with Crippen molar-refractivity contribution in [2.24, 2.45) is 5.92 Å². The minimum atomic E-state index is 0.846. The number of aromatic nitrogens is 1. The largest absolute Gasteiger partial charge is 0.385 e. The molecule has 0 N–H and O–H groups in total. The van der Waals surface area contributed by atoms with Crippen LogP contribution in [-0.4, -0.2) is 36.3 Å². The first-order valence-corrected chi connectivity index (χ1v) is 9.10. The summed E-state index contributed by atoms with van der Waals surface area (Å²) in [6.45, 7) is 7.73. The molecule has 0 bridgehead atoms. The number of hydrogen-bond donors (Lipinski definition) is 0. The molecule has 1 fully saturated rings. The zero-order chi connectivity index (χ0) is 16.1. The predicted molar refractivity (Wildman–Crippen MR) is 96.7 cm³/mol. The van der Waals surface area contributed by atoms with Gasteiger partial charge in [0.25, 0.3) is 0 Å². The van der Waals surface area contributed by atoms with E-state index < -0.39 is 0 Å². The molecule has 1 aromatic heterocycles. The number of benzene rings is 1. The molecular formula is C20H30N2O. The summed E-state index contributed by atoms with van der Waals surface area (Å²) in [5, 5.41) is 1.43. The first kappa shape index (κ1) is 16.5. The molecule has 0 saturated carbocycles. The minimum Gasteiger partial charge on any atom is -0.385 e. The molecule has 1 aromatic carbocycles. The van der Waals surface area contributed by atoms with E-state index in [9.17, 15) is 0 Å². The van der Waals surface area contributed by atoms with E-state index in [4.69, 9.17) is 4.74 Å². The van der Waals surface area contributed by atoms with Gasteiger partial charge in [0.1, 0.15) is 0 Å². The van der Waals surface area contributed by atoms with Gasteiger partial charge in [0, 0.05) is 50.5 Å². The number of methoxy groups -OCH3 is 1. The molecule has 1 saturated heterocycles. The van der Waals surface area contributed by atoms with Crippen molar-refractivity contribution in [2.75, 3.05) is 26.8 Å². The smallest absolute Gasteiger partial charge is 0.0483 e. The zero-order valence-electron chi connectivity index (χ0n) is 14.6.